The molecule has 30 heavy (non-hydrogen) atoms. The molecule has 2 aromatic heterocycles. The van der Waals surface area contributed by atoms with Gasteiger partial charge in [-0.05, 0) is 39.3 Å². The number of nitrogens with zero attached hydrogens (tertiary/aromatic N) is 5. The Morgan fingerprint density at radius 3 is 2.37 bits per heavy atom. The van der Waals surface area contributed by atoms with Gasteiger partial charge in [-0.1, -0.05) is 13.8 Å². The summed E-state index contributed by atoms with van der Waals surface area (Å²) in [5, 5.41) is 6.94. The van der Waals surface area contributed by atoms with Crippen molar-refractivity contribution in [2.75, 3.05) is 18.0 Å². The van der Waals surface area contributed by atoms with Gasteiger partial charge in [-0.2, -0.15) is 8.78 Å². The topological polar surface area (TPSA) is 84.6 Å². The van der Waals surface area contributed by atoms with Gasteiger partial charge in [0.25, 0.3) is 5.89 Å². The van der Waals surface area contributed by atoms with Crippen LogP contribution >= 0.6 is 0 Å². The Morgan fingerprint density at radius 1 is 1.20 bits per heavy atom. The van der Waals surface area contributed by atoms with Gasteiger partial charge in [0.2, 0.25) is 5.89 Å². The smallest absolute Gasteiger partial charge is 0.410 e. The fourth-order valence-corrected chi connectivity index (χ4v) is 3.55. The van der Waals surface area contributed by atoms with Gasteiger partial charge in [0, 0.05) is 19.3 Å². The largest absolute Gasteiger partial charge is 0.444 e. The van der Waals surface area contributed by atoms with E-state index >= 15 is 0 Å². The van der Waals surface area contributed by atoms with E-state index in [1.807, 2.05) is 34.6 Å². The molecule has 3 aliphatic rings. The first-order chi connectivity index (χ1) is 14.2. The standard InChI is InChI=1S/C18H21F2N5O3.C2H6/c1-18(2,3)28-17(26)25-11-6-12(25)9-24(8-11)13-5-4-10(7-21-13)15-22-23-16(27-15)14(19)20;1-2/h4-5,7,11-12,14H,6,8-9H2,1-3H3;1-2H3. The van der Waals surface area contributed by atoms with Gasteiger partial charge in [-0.15, -0.1) is 10.2 Å². The van der Waals surface area contributed by atoms with E-state index < -0.39 is 17.9 Å². The molecule has 2 atom stereocenters. The average Bonchev–Trinajstić information content (AvgIpc) is 3.19. The fourth-order valence-electron chi connectivity index (χ4n) is 3.55. The number of hydrogen-bond donors (Lipinski definition) is 0. The molecule has 3 fully saturated rings. The lowest BCUT2D eigenvalue weighted by Gasteiger charge is -2.56. The Kier molecular flexibility index (Phi) is 6.23. The number of ether oxygens (including phenoxy) is 1. The van der Waals surface area contributed by atoms with Crippen molar-refractivity contribution in [3.8, 4) is 11.5 Å². The minimum atomic E-state index is -2.80. The molecule has 0 saturated carbocycles. The van der Waals surface area contributed by atoms with Crippen LogP contribution in [0.25, 0.3) is 11.5 Å². The molecule has 0 spiro atoms. The van der Waals surface area contributed by atoms with Gasteiger partial charge in [0.05, 0.1) is 17.6 Å². The van der Waals surface area contributed by atoms with Gasteiger partial charge in [-0.25, -0.2) is 9.78 Å². The number of aromatic nitrogens is 3. The molecular formula is C20H27F2N5O3. The molecule has 8 nitrogen and oxygen atoms in total. The second kappa shape index (κ2) is 8.53. The minimum absolute atomic E-state index is 0.00643. The van der Waals surface area contributed by atoms with Crippen molar-refractivity contribution in [1.82, 2.24) is 20.1 Å². The molecule has 5 heterocycles. The summed E-state index contributed by atoms with van der Waals surface area (Å²) in [6.45, 7) is 10.9. The lowest BCUT2D eigenvalue weighted by Crippen LogP contribution is -2.70. The second-order valence-corrected chi connectivity index (χ2v) is 7.99. The zero-order valence-electron chi connectivity index (χ0n) is 17.8. The number of piperidine rings is 1. The third-order valence-electron chi connectivity index (χ3n) is 4.74. The SMILES string of the molecule is CC.CC(C)(C)OC(=O)N1C2CC1CN(c1ccc(-c3nnc(C(F)F)o3)cn1)C2. The molecule has 2 bridgehead atoms. The lowest BCUT2D eigenvalue weighted by molar-refractivity contribution is -0.0380. The van der Waals surface area contributed by atoms with Crippen molar-refractivity contribution < 1.29 is 22.7 Å². The summed E-state index contributed by atoms with van der Waals surface area (Å²) in [6.07, 6.45) is -0.611. The van der Waals surface area contributed by atoms with Crippen molar-refractivity contribution in [2.45, 2.75) is 65.1 Å². The van der Waals surface area contributed by atoms with Crippen molar-refractivity contribution in [1.29, 1.82) is 0 Å². The van der Waals surface area contributed by atoms with E-state index in [2.05, 4.69) is 20.1 Å². The Morgan fingerprint density at radius 2 is 1.87 bits per heavy atom. The predicted octanol–water partition coefficient (Wildman–Crippen LogP) is 4.29. The number of hydrogen-bond acceptors (Lipinski definition) is 7. The number of halogens is 2. The normalized spacial score (nSPS) is 20.4. The molecule has 164 valence electrons. The number of alkyl halides is 2. The maximum absolute atomic E-state index is 12.6. The maximum Gasteiger partial charge on any atom is 0.410 e. The minimum Gasteiger partial charge on any atom is -0.444 e. The highest BCUT2D eigenvalue weighted by molar-refractivity contribution is 5.71. The highest BCUT2D eigenvalue weighted by Gasteiger charge is 2.49. The summed E-state index contributed by atoms with van der Waals surface area (Å²) in [6, 6.07) is 3.68. The van der Waals surface area contributed by atoms with E-state index in [1.165, 1.54) is 6.20 Å². The first-order valence-electron chi connectivity index (χ1n) is 10.1. The zero-order valence-corrected chi connectivity index (χ0v) is 17.8. The van der Waals surface area contributed by atoms with Crippen LogP contribution in [0.2, 0.25) is 0 Å². The molecular weight excluding hydrogens is 396 g/mol. The molecule has 3 aliphatic heterocycles. The van der Waals surface area contributed by atoms with Crippen LogP contribution in [0.15, 0.2) is 22.7 Å². The molecule has 2 unspecified atom stereocenters. The number of carbonyl (C=O) groups is 1. The van der Waals surface area contributed by atoms with Crippen LogP contribution in [0, 0.1) is 0 Å². The third-order valence-corrected chi connectivity index (χ3v) is 4.74. The van der Waals surface area contributed by atoms with Gasteiger partial charge in [0.15, 0.2) is 0 Å². The fraction of sp³-hybridized carbons (Fsp3) is 0.600. The van der Waals surface area contributed by atoms with Crippen molar-refractivity contribution in [3.63, 3.8) is 0 Å². The van der Waals surface area contributed by atoms with E-state index in [9.17, 15) is 13.6 Å². The molecule has 3 saturated heterocycles. The Labute approximate surface area is 174 Å². The van der Waals surface area contributed by atoms with E-state index in [0.29, 0.717) is 18.7 Å². The number of pyridine rings is 1. The number of piperazine rings is 1. The molecule has 0 aliphatic carbocycles. The van der Waals surface area contributed by atoms with Crippen LogP contribution in [0.4, 0.5) is 19.4 Å². The Balaban J connectivity index is 0.00000124. The van der Waals surface area contributed by atoms with Crippen LogP contribution in [0.3, 0.4) is 0 Å². The predicted molar refractivity (Wildman–Crippen MR) is 106 cm³/mol. The number of fused-ring (bicyclic) bond motifs is 2. The summed E-state index contributed by atoms with van der Waals surface area (Å²) in [4.78, 5) is 20.6. The second-order valence-electron chi connectivity index (χ2n) is 7.99. The van der Waals surface area contributed by atoms with Gasteiger partial charge >= 0.3 is 12.5 Å². The van der Waals surface area contributed by atoms with Crippen LogP contribution in [-0.4, -0.2) is 56.9 Å². The summed E-state index contributed by atoms with van der Waals surface area (Å²) >= 11 is 0. The summed E-state index contributed by atoms with van der Waals surface area (Å²) in [7, 11) is 0. The molecule has 0 aromatic carbocycles. The van der Waals surface area contributed by atoms with Crippen LogP contribution in [-0.2, 0) is 4.74 Å². The summed E-state index contributed by atoms with van der Waals surface area (Å²) in [5.41, 5.74) is -0.0440. The van der Waals surface area contributed by atoms with Crippen molar-refractivity contribution >= 4 is 11.9 Å². The van der Waals surface area contributed by atoms with Crippen LogP contribution in [0.5, 0.6) is 0 Å². The van der Waals surface area contributed by atoms with Crippen LogP contribution in [0.1, 0.15) is 53.4 Å². The maximum atomic E-state index is 12.6. The molecule has 10 heteroatoms. The molecule has 0 N–H and O–H groups in total. The molecule has 0 radical (unpaired) electrons. The zero-order chi connectivity index (χ0) is 22.1. The number of amides is 1. The highest BCUT2D eigenvalue weighted by atomic mass is 19.3. The third kappa shape index (κ3) is 4.52. The molecule has 2 aromatic rings. The van der Waals surface area contributed by atoms with Crippen molar-refractivity contribution in [2.24, 2.45) is 0 Å². The highest BCUT2D eigenvalue weighted by Crippen LogP contribution is 2.35. The van der Waals surface area contributed by atoms with E-state index in [4.69, 9.17) is 9.15 Å². The summed E-state index contributed by atoms with van der Waals surface area (Å²) < 4.78 is 35.6. The average molecular weight is 423 g/mol. The lowest BCUT2D eigenvalue weighted by atomic mass is 9.88. The number of anilines is 1. The first kappa shape index (κ1) is 21.9. The van der Waals surface area contributed by atoms with E-state index in [0.717, 1.165) is 12.2 Å². The molecule has 5 rings (SSSR count). The van der Waals surface area contributed by atoms with Gasteiger partial charge in [0.1, 0.15) is 11.4 Å². The molecule has 1 amide bonds. The quantitative estimate of drug-likeness (QED) is 0.728. The van der Waals surface area contributed by atoms with Gasteiger partial charge < -0.3 is 14.1 Å². The van der Waals surface area contributed by atoms with Crippen molar-refractivity contribution in [3.05, 3.63) is 24.2 Å². The monoisotopic (exact) mass is 423 g/mol. The van der Waals surface area contributed by atoms with Crippen LogP contribution < -0.4 is 4.90 Å². The van der Waals surface area contributed by atoms with E-state index in [-0.39, 0.29) is 24.1 Å². The Bertz CT molecular complexity index is 854. The van der Waals surface area contributed by atoms with E-state index in [1.54, 1.807) is 17.0 Å². The number of carbonyl (C=O) groups excluding carboxylic acids is 1. The first-order valence-corrected chi connectivity index (χ1v) is 10.1. The number of rotatable bonds is 3. The van der Waals surface area contributed by atoms with Gasteiger partial charge in [-0.3, -0.25) is 4.90 Å². The Hall–Kier alpha value is -2.78. The summed E-state index contributed by atoms with van der Waals surface area (Å²) in [5.74, 6) is 0.0419.